The molecule has 0 atom stereocenters. The van der Waals surface area contributed by atoms with E-state index in [1.165, 1.54) is 12.1 Å². The first-order valence-electron chi connectivity index (χ1n) is 4.63. The van der Waals surface area contributed by atoms with Gasteiger partial charge in [-0.3, -0.25) is 9.59 Å². The second kappa shape index (κ2) is 4.59. The van der Waals surface area contributed by atoms with Crippen LogP contribution in [0.2, 0.25) is 0 Å². The van der Waals surface area contributed by atoms with Gasteiger partial charge in [0.15, 0.2) is 6.29 Å². The normalized spacial score (nSPS) is 10.1. The Morgan fingerprint density at radius 1 is 1.47 bits per heavy atom. The van der Waals surface area contributed by atoms with Crippen LogP contribution in [0, 0.1) is 5.92 Å². The van der Waals surface area contributed by atoms with Crippen LogP contribution in [0.1, 0.15) is 24.2 Å². The number of aldehydes is 1. The average Bonchev–Trinajstić information content (AvgIpc) is 2.20. The number of benzene rings is 1. The molecule has 1 aromatic rings. The standard InChI is InChI=1S/C11H13NO3/c1-7(2)11(15)12-9-3-4-10(14)8(5-9)6-13/h3-7,14H,1-2H3,(H,12,15). The van der Waals surface area contributed by atoms with E-state index in [-0.39, 0.29) is 23.1 Å². The van der Waals surface area contributed by atoms with Crippen LogP contribution in [0.25, 0.3) is 0 Å². The number of hydrogen-bond acceptors (Lipinski definition) is 3. The summed E-state index contributed by atoms with van der Waals surface area (Å²) < 4.78 is 0. The number of carbonyl (C=O) groups is 2. The van der Waals surface area contributed by atoms with Crippen LogP contribution in [0.5, 0.6) is 5.75 Å². The third-order valence-electron chi connectivity index (χ3n) is 1.95. The maximum Gasteiger partial charge on any atom is 0.226 e. The van der Waals surface area contributed by atoms with E-state index in [1.807, 2.05) is 0 Å². The molecule has 0 fully saturated rings. The first-order valence-corrected chi connectivity index (χ1v) is 4.63. The van der Waals surface area contributed by atoms with Gasteiger partial charge in [-0.15, -0.1) is 0 Å². The molecule has 0 saturated heterocycles. The van der Waals surface area contributed by atoms with Crippen LogP contribution in [0.3, 0.4) is 0 Å². The van der Waals surface area contributed by atoms with E-state index < -0.39 is 0 Å². The number of rotatable bonds is 3. The summed E-state index contributed by atoms with van der Waals surface area (Å²) in [4.78, 5) is 21.9. The Kier molecular flexibility index (Phi) is 3.44. The van der Waals surface area contributed by atoms with Gasteiger partial charge in [0, 0.05) is 11.6 Å². The van der Waals surface area contributed by atoms with Crippen molar-refractivity contribution < 1.29 is 14.7 Å². The van der Waals surface area contributed by atoms with Gasteiger partial charge in [0.1, 0.15) is 5.75 Å². The van der Waals surface area contributed by atoms with E-state index in [0.717, 1.165) is 0 Å². The smallest absolute Gasteiger partial charge is 0.226 e. The predicted molar refractivity (Wildman–Crippen MR) is 57.0 cm³/mol. The van der Waals surface area contributed by atoms with E-state index in [1.54, 1.807) is 19.9 Å². The molecule has 0 bridgehead atoms. The van der Waals surface area contributed by atoms with Gasteiger partial charge >= 0.3 is 0 Å². The van der Waals surface area contributed by atoms with Gasteiger partial charge in [0.2, 0.25) is 5.91 Å². The van der Waals surface area contributed by atoms with Crippen molar-refractivity contribution in [1.29, 1.82) is 0 Å². The van der Waals surface area contributed by atoms with Crippen molar-refractivity contribution in [2.24, 2.45) is 5.92 Å². The Hall–Kier alpha value is -1.84. The summed E-state index contributed by atoms with van der Waals surface area (Å²) in [6.45, 7) is 3.55. The fourth-order valence-electron chi connectivity index (χ4n) is 1.01. The van der Waals surface area contributed by atoms with Crippen LogP contribution < -0.4 is 5.32 Å². The van der Waals surface area contributed by atoms with Gasteiger partial charge in [0.05, 0.1) is 5.56 Å². The molecule has 0 unspecified atom stereocenters. The monoisotopic (exact) mass is 207 g/mol. The second-order valence-electron chi connectivity index (χ2n) is 3.54. The summed E-state index contributed by atoms with van der Waals surface area (Å²) in [6.07, 6.45) is 0.542. The molecule has 0 radical (unpaired) electrons. The third-order valence-corrected chi connectivity index (χ3v) is 1.95. The lowest BCUT2D eigenvalue weighted by atomic mass is 10.1. The molecular weight excluding hydrogens is 194 g/mol. The number of phenolic OH excluding ortho intramolecular Hbond substituents is 1. The first kappa shape index (κ1) is 11.2. The highest BCUT2D eigenvalue weighted by atomic mass is 16.3. The van der Waals surface area contributed by atoms with Crippen LogP contribution in [0.4, 0.5) is 5.69 Å². The van der Waals surface area contributed by atoms with Crippen LogP contribution in [-0.2, 0) is 4.79 Å². The van der Waals surface area contributed by atoms with Crippen molar-refractivity contribution in [3.8, 4) is 5.75 Å². The van der Waals surface area contributed by atoms with E-state index in [0.29, 0.717) is 12.0 Å². The minimum atomic E-state index is -0.127. The summed E-state index contributed by atoms with van der Waals surface area (Å²) in [5.41, 5.74) is 0.671. The number of carbonyl (C=O) groups excluding carboxylic acids is 2. The molecule has 15 heavy (non-hydrogen) atoms. The Morgan fingerprint density at radius 2 is 2.13 bits per heavy atom. The Labute approximate surface area is 87.9 Å². The lowest BCUT2D eigenvalue weighted by Gasteiger charge is -2.08. The quantitative estimate of drug-likeness (QED) is 0.586. The Bertz CT molecular complexity index is 385. The molecule has 0 heterocycles. The van der Waals surface area contributed by atoms with Gasteiger partial charge in [-0.05, 0) is 18.2 Å². The summed E-state index contributed by atoms with van der Waals surface area (Å²) >= 11 is 0. The predicted octanol–water partition coefficient (Wildman–Crippen LogP) is 1.80. The number of phenols is 1. The van der Waals surface area contributed by atoms with Crippen LogP contribution in [0.15, 0.2) is 18.2 Å². The number of aromatic hydroxyl groups is 1. The highest BCUT2D eigenvalue weighted by molar-refractivity contribution is 5.93. The van der Waals surface area contributed by atoms with Gasteiger partial charge in [0.25, 0.3) is 0 Å². The lowest BCUT2D eigenvalue weighted by Crippen LogP contribution is -2.17. The van der Waals surface area contributed by atoms with Crippen LogP contribution in [-0.4, -0.2) is 17.3 Å². The molecule has 4 nitrogen and oxygen atoms in total. The van der Waals surface area contributed by atoms with Crippen LogP contribution >= 0.6 is 0 Å². The zero-order valence-corrected chi connectivity index (χ0v) is 8.65. The molecule has 0 spiro atoms. The van der Waals surface area contributed by atoms with Gasteiger partial charge in [-0.25, -0.2) is 0 Å². The molecule has 2 N–H and O–H groups in total. The molecule has 80 valence electrons. The van der Waals surface area contributed by atoms with Gasteiger partial charge in [-0.1, -0.05) is 13.8 Å². The molecule has 0 aromatic heterocycles. The fourth-order valence-corrected chi connectivity index (χ4v) is 1.01. The molecule has 0 aliphatic heterocycles. The highest BCUT2D eigenvalue weighted by Crippen LogP contribution is 2.19. The van der Waals surface area contributed by atoms with Crippen molar-refractivity contribution in [3.05, 3.63) is 23.8 Å². The minimum absolute atomic E-state index is 0.0902. The summed E-state index contributed by atoms with van der Waals surface area (Å²) in [5, 5.41) is 11.9. The molecule has 0 aliphatic rings. The van der Waals surface area contributed by atoms with E-state index >= 15 is 0 Å². The van der Waals surface area contributed by atoms with Crippen molar-refractivity contribution in [2.45, 2.75) is 13.8 Å². The molecule has 0 aliphatic carbocycles. The number of nitrogens with one attached hydrogen (secondary N) is 1. The molecule has 1 amide bonds. The van der Waals surface area contributed by atoms with Crippen molar-refractivity contribution in [1.82, 2.24) is 0 Å². The zero-order chi connectivity index (χ0) is 11.4. The summed E-state index contributed by atoms with van der Waals surface area (Å²) in [5.74, 6) is -0.344. The maximum atomic E-state index is 11.3. The summed E-state index contributed by atoms with van der Waals surface area (Å²) in [7, 11) is 0. The first-order chi connectivity index (χ1) is 7.04. The van der Waals surface area contributed by atoms with E-state index in [9.17, 15) is 14.7 Å². The molecule has 4 heteroatoms. The Morgan fingerprint density at radius 3 is 2.67 bits per heavy atom. The minimum Gasteiger partial charge on any atom is -0.507 e. The molecular formula is C11H13NO3. The Balaban J connectivity index is 2.87. The third kappa shape index (κ3) is 2.80. The van der Waals surface area contributed by atoms with Crippen molar-refractivity contribution in [2.75, 3.05) is 5.32 Å². The van der Waals surface area contributed by atoms with Crippen molar-refractivity contribution >= 4 is 17.9 Å². The topological polar surface area (TPSA) is 66.4 Å². The van der Waals surface area contributed by atoms with Gasteiger partial charge < -0.3 is 10.4 Å². The lowest BCUT2D eigenvalue weighted by molar-refractivity contribution is -0.118. The second-order valence-corrected chi connectivity index (χ2v) is 3.54. The number of anilines is 1. The fraction of sp³-hybridized carbons (Fsp3) is 0.273. The largest absolute Gasteiger partial charge is 0.507 e. The SMILES string of the molecule is CC(C)C(=O)Nc1ccc(O)c(C=O)c1. The van der Waals surface area contributed by atoms with Crippen molar-refractivity contribution in [3.63, 3.8) is 0 Å². The van der Waals surface area contributed by atoms with Gasteiger partial charge in [-0.2, -0.15) is 0 Å². The summed E-state index contributed by atoms with van der Waals surface area (Å²) in [6, 6.07) is 4.35. The highest BCUT2D eigenvalue weighted by Gasteiger charge is 2.08. The zero-order valence-electron chi connectivity index (χ0n) is 8.65. The molecule has 0 saturated carbocycles. The maximum absolute atomic E-state index is 11.3. The molecule has 1 aromatic carbocycles. The number of amides is 1. The average molecular weight is 207 g/mol. The van der Waals surface area contributed by atoms with E-state index in [2.05, 4.69) is 5.32 Å². The van der Waals surface area contributed by atoms with E-state index in [4.69, 9.17) is 0 Å². The number of hydrogen-bond donors (Lipinski definition) is 2. The molecule has 1 rings (SSSR count).